The fraction of sp³-hybridized carbons (Fsp3) is 0.333. The van der Waals surface area contributed by atoms with Gasteiger partial charge in [-0.15, -0.1) is 0 Å². The monoisotopic (exact) mass is 252 g/mol. The van der Waals surface area contributed by atoms with Crippen LogP contribution < -0.4 is 15.8 Å². The van der Waals surface area contributed by atoms with Gasteiger partial charge in [0, 0.05) is 6.54 Å². The molecule has 0 aliphatic heterocycles. The van der Waals surface area contributed by atoms with Gasteiger partial charge in [-0.05, 0) is 19.1 Å². The van der Waals surface area contributed by atoms with Crippen LogP contribution in [0.4, 0.5) is 0 Å². The lowest BCUT2D eigenvalue weighted by Crippen LogP contribution is -2.47. The highest BCUT2D eigenvalue weighted by Gasteiger charge is 2.17. The van der Waals surface area contributed by atoms with Crippen LogP contribution >= 0.6 is 0 Å². The van der Waals surface area contributed by atoms with Crippen LogP contribution in [-0.2, 0) is 9.59 Å². The van der Waals surface area contributed by atoms with Crippen molar-refractivity contribution in [2.75, 3.05) is 13.2 Å². The molecule has 98 valence electrons. The summed E-state index contributed by atoms with van der Waals surface area (Å²) >= 11 is 0. The Kier molecular flexibility index (Phi) is 5.13. The Labute approximate surface area is 105 Å². The van der Waals surface area contributed by atoms with Crippen LogP contribution in [0.2, 0.25) is 0 Å². The predicted octanol–water partition coefficient (Wildman–Crippen LogP) is -0.0981. The number of aliphatic carboxylic acids is 1. The second-order valence-electron chi connectivity index (χ2n) is 3.80. The number of nitrogens with one attached hydrogen (secondary N) is 1. The average molecular weight is 252 g/mol. The van der Waals surface area contributed by atoms with E-state index in [1.165, 1.54) is 0 Å². The topological polar surface area (TPSA) is 102 Å². The first-order valence-corrected chi connectivity index (χ1v) is 5.44. The number of amides is 1. The van der Waals surface area contributed by atoms with Crippen molar-refractivity contribution in [3.05, 3.63) is 29.8 Å². The molecule has 0 unspecified atom stereocenters. The molecule has 0 radical (unpaired) electrons. The minimum Gasteiger partial charge on any atom is -0.484 e. The molecule has 0 heterocycles. The van der Waals surface area contributed by atoms with Crippen LogP contribution in [0.3, 0.4) is 0 Å². The number of hydrogen-bond acceptors (Lipinski definition) is 4. The third kappa shape index (κ3) is 4.42. The predicted molar refractivity (Wildman–Crippen MR) is 65.3 cm³/mol. The molecule has 6 nitrogen and oxygen atoms in total. The van der Waals surface area contributed by atoms with Gasteiger partial charge in [0.1, 0.15) is 11.8 Å². The van der Waals surface area contributed by atoms with Crippen molar-refractivity contribution in [2.24, 2.45) is 5.73 Å². The molecule has 0 saturated carbocycles. The molecule has 1 atom stereocenters. The smallest absolute Gasteiger partial charge is 0.327 e. The third-order valence-electron chi connectivity index (χ3n) is 2.26. The number of nitrogens with two attached hydrogens (primary N) is 1. The molecule has 1 rings (SSSR count). The van der Waals surface area contributed by atoms with Crippen molar-refractivity contribution in [3.8, 4) is 5.75 Å². The van der Waals surface area contributed by atoms with E-state index in [0.29, 0.717) is 5.75 Å². The van der Waals surface area contributed by atoms with Crippen molar-refractivity contribution in [1.82, 2.24) is 5.32 Å². The molecule has 6 heteroatoms. The fourth-order valence-electron chi connectivity index (χ4n) is 1.24. The van der Waals surface area contributed by atoms with Crippen LogP contribution in [0, 0.1) is 6.92 Å². The van der Waals surface area contributed by atoms with Crippen LogP contribution in [0.1, 0.15) is 5.56 Å². The standard InChI is InChI=1S/C12H16N2O4/c1-8-2-4-9(5-3-8)18-7-11(15)14-10(6-13)12(16)17/h2-5,10H,6-7,13H2,1H3,(H,14,15)(H,16,17)/t10-/m0/s1. The van der Waals surface area contributed by atoms with E-state index in [-0.39, 0.29) is 13.2 Å². The molecule has 0 saturated heterocycles. The van der Waals surface area contributed by atoms with Gasteiger partial charge in [0.2, 0.25) is 0 Å². The molecular weight excluding hydrogens is 236 g/mol. The Morgan fingerprint density at radius 3 is 2.50 bits per heavy atom. The quantitative estimate of drug-likeness (QED) is 0.656. The van der Waals surface area contributed by atoms with Crippen LogP contribution in [-0.4, -0.2) is 36.2 Å². The van der Waals surface area contributed by atoms with E-state index in [1.54, 1.807) is 12.1 Å². The van der Waals surface area contributed by atoms with Crippen molar-refractivity contribution >= 4 is 11.9 Å². The highest BCUT2D eigenvalue weighted by atomic mass is 16.5. The SMILES string of the molecule is Cc1ccc(OCC(=O)N[C@@H](CN)C(=O)O)cc1. The first-order chi connectivity index (χ1) is 8.52. The molecule has 0 fully saturated rings. The minimum absolute atomic E-state index is 0.161. The van der Waals surface area contributed by atoms with Crippen molar-refractivity contribution < 1.29 is 19.4 Å². The molecule has 0 aromatic heterocycles. The summed E-state index contributed by atoms with van der Waals surface area (Å²) in [6, 6.07) is 6.10. The van der Waals surface area contributed by atoms with Gasteiger partial charge < -0.3 is 20.9 Å². The molecule has 1 aromatic rings. The van der Waals surface area contributed by atoms with Gasteiger partial charge in [0.15, 0.2) is 6.61 Å². The van der Waals surface area contributed by atoms with Gasteiger partial charge in [0.25, 0.3) is 5.91 Å². The second kappa shape index (κ2) is 6.61. The maximum atomic E-state index is 11.4. The maximum absolute atomic E-state index is 11.4. The maximum Gasteiger partial charge on any atom is 0.327 e. The Bertz CT molecular complexity index is 417. The molecular formula is C12H16N2O4. The van der Waals surface area contributed by atoms with E-state index in [4.69, 9.17) is 15.6 Å². The Morgan fingerprint density at radius 1 is 1.39 bits per heavy atom. The summed E-state index contributed by atoms with van der Waals surface area (Å²) in [5, 5.41) is 11.0. The van der Waals surface area contributed by atoms with E-state index >= 15 is 0 Å². The molecule has 0 aliphatic rings. The molecule has 1 aromatic carbocycles. The summed E-state index contributed by atoms with van der Waals surface area (Å²) < 4.78 is 5.20. The molecule has 0 bridgehead atoms. The zero-order valence-electron chi connectivity index (χ0n) is 10.1. The van der Waals surface area contributed by atoms with Crippen molar-refractivity contribution in [1.29, 1.82) is 0 Å². The largest absolute Gasteiger partial charge is 0.484 e. The van der Waals surface area contributed by atoms with E-state index in [0.717, 1.165) is 5.56 Å². The first kappa shape index (κ1) is 14.0. The summed E-state index contributed by atoms with van der Waals surface area (Å²) in [5.74, 6) is -1.13. The highest BCUT2D eigenvalue weighted by Crippen LogP contribution is 2.10. The molecule has 0 spiro atoms. The number of rotatable bonds is 6. The van der Waals surface area contributed by atoms with E-state index in [2.05, 4.69) is 5.32 Å². The summed E-state index contributed by atoms with van der Waals surface area (Å²) in [5.41, 5.74) is 6.29. The molecule has 0 aliphatic carbocycles. The summed E-state index contributed by atoms with van der Waals surface area (Å²) in [4.78, 5) is 22.0. The minimum atomic E-state index is -1.17. The number of carbonyl (C=O) groups is 2. The number of aryl methyl sites for hydroxylation is 1. The van der Waals surface area contributed by atoms with Crippen LogP contribution in [0.15, 0.2) is 24.3 Å². The normalized spacial score (nSPS) is 11.7. The van der Waals surface area contributed by atoms with Crippen molar-refractivity contribution in [3.63, 3.8) is 0 Å². The zero-order valence-corrected chi connectivity index (χ0v) is 10.1. The number of benzene rings is 1. The van der Waals surface area contributed by atoms with Gasteiger partial charge in [0.05, 0.1) is 0 Å². The van der Waals surface area contributed by atoms with Crippen molar-refractivity contribution in [2.45, 2.75) is 13.0 Å². The fourth-order valence-corrected chi connectivity index (χ4v) is 1.24. The number of carboxylic acid groups (broad SMARTS) is 1. The zero-order chi connectivity index (χ0) is 13.5. The lowest BCUT2D eigenvalue weighted by molar-refractivity contribution is -0.141. The summed E-state index contributed by atoms with van der Waals surface area (Å²) in [6.45, 7) is 1.54. The summed E-state index contributed by atoms with van der Waals surface area (Å²) in [6.07, 6.45) is 0. The summed E-state index contributed by atoms with van der Waals surface area (Å²) in [7, 11) is 0. The van der Waals surface area contributed by atoms with E-state index < -0.39 is 17.9 Å². The Balaban J connectivity index is 2.41. The van der Waals surface area contributed by atoms with Crippen LogP contribution in [0.5, 0.6) is 5.75 Å². The first-order valence-electron chi connectivity index (χ1n) is 5.44. The lowest BCUT2D eigenvalue weighted by Gasteiger charge is -2.12. The van der Waals surface area contributed by atoms with E-state index in [9.17, 15) is 9.59 Å². The lowest BCUT2D eigenvalue weighted by atomic mass is 10.2. The van der Waals surface area contributed by atoms with E-state index in [1.807, 2.05) is 19.1 Å². The molecule has 1 amide bonds. The Hall–Kier alpha value is -2.08. The number of ether oxygens (including phenoxy) is 1. The number of carbonyl (C=O) groups excluding carboxylic acids is 1. The number of carboxylic acids is 1. The molecule has 18 heavy (non-hydrogen) atoms. The second-order valence-corrected chi connectivity index (χ2v) is 3.80. The van der Waals surface area contributed by atoms with Gasteiger partial charge in [-0.2, -0.15) is 0 Å². The van der Waals surface area contributed by atoms with Gasteiger partial charge in [-0.3, -0.25) is 4.79 Å². The van der Waals surface area contributed by atoms with Crippen LogP contribution in [0.25, 0.3) is 0 Å². The van der Waals surface area contributed by atoms with Gasteiger partial charge >= 0.3 is 5.97 Å². The van der Waals surface area contributed by atoms with Gasteiger partial charge in [-0.25, -0.2) is 4.79 Å². The molecule has 4 N–H and O–H groups in total. The Morgan fingerprint density at radius 2 is 2.00 bits per heavy atom. The number of hydrogen-bond donors (Lipinski definition) is 3. The third-order valence-corrected chi connectivity index (χ3v) is 2.26. The van der Waals surface area contributed by atoms with Gasteiger partial charge in [-0.1, -0.05) is 17.7 Å². The average Bonchev–Trinajstić information content (AvgIpc) is 2.35. The highest BCUT2D eigenvalue weighted by molar-refractivity contribution is 5.84.